The van der Waals surface area contributed by atoms with Gasteiger partial charge >= 0.3 is 0 Å². The van der Waals surface area contributed by atoms with Crippen molar-refractivity contribution < 1.29 is 0 Å². The molecule has 94 valence electrons. The molecule has 0 spiro atoms. The minimum Gasteiger partial charge on any atom is -0.324 e. The highest BCUT2D eigenvalue weighted by atomic mass is 127. The lowest BCUT2D eigenvalue weighted by atomic mass is 9.93. The largest absolute Gasteiger partial charge is 0.324 e. The van der Waals surface area contributed by atoms with Crippen molar-refractivity contribution >= 4 is 22.6 Å². The molecule has 0 saturated carbocycles. The van der Waals surface area contributed by atoms with Gasteiger partial charge in [0.1, 0.15) is 0 Å². The fraction of sp³-hybridized carbons (Fsp3) is 0.250. The molecule has 2 aromatic carbocycles. The highest BCUT2D eigenvalue weighted by Crippen LogP contribution is 2.21. The summed E-state index contributed by atoms with van der Waals surface area (Å²) in [6.07, 6.45) is 0.902. The quantitative estimate of drug-likeness (QED) is 0.826. The Morgan fingerprint density at radius 1 is 1.00 bits per heavy atom. The van der Waals surface area contributed by atoms with Gasteiger partial charge < -0.3 is 5.73 Å². The first-order valence-corrected chi connectivity index (χ1v) is 7.22. The number of hydrogen-bond donors (Lipinski definition) is 1. The zero-order valence-electron chi connectivity index (χ0n) is 10.8. The molecule has 0 saturated heterocycles. The van der Waals surface area contributed by atoms with Crippen molar-refractivity contribution in [3.8, 4) is 0 Å². The second-order valence-corrected chi connectivity index (χ2v) is 5.98. The average Bonchev–Trinajstić information content (AvgIpc) is 2.34. The molecule has 2 N–H and O–H groups in total. The molecular weight excluding hydrogens is 333 g/mol. The molecule has 0 aliphatic heterocycles. The van der Waals surface area contributed by atoms with Gasteiger partial charge in [-0.1, -0.05) is 30.3 Å². The maximum absolute atomic E-state index is 6.31. The van der Waals surface area contributed by atoms with E-state index in [2.05, 4.69) is 78.9 Å². The van der Waals surface area contributed by atoms with E-state index < -0.39 is 0 Å². The van der Waals surface area contributed by atoms with E-state index in [-0.39, 0.29) is 6.04 Å². The van der Waals surface area contributed by atoms with Crippen LogP contribution in [0.4, 0.5) is 0 Å². The summed E-state index contributed by atoms with van der Waals surface area (Å²) in [5.41, 5.74) is 11.6. The summed E-state index contributed by atoms with van der Waals surface area (Å²) in [7, 11) is 0. The molecule has 0 amide bonds. The van der Waals surface area contributed by atoms with E-state index in [1.54, 1.807) is 0 Å². The van der Waals surface area contributed by atoms with Crippen LogP contribution in [0.5, 0.6) is 0 Å². The number of aryl methyl sites for hydroxylation is 2. The molecule has 1 atom stereocenters. The lowest BCUT2D eigenvalue weighted by Gasteiger charge is -2.16. The van der Waals surface area contributed by atoms with Gasteiger partial charge in [-0.15, -0.1) is 0 Å². The van der Waals surface area contributed by atoms with Crippen LogP contribution in [0.25, 0.3) is 0 Å². The number of benzene rings is 2. The maximum atomic E-state index is 6.31. The van der Waals surface area contributed by atoms with E-state index in [4.69, 9.17) is 5.73 Å². The van der Waals surface area contributed by atoms with Crippen LogP contribution >= 0.6 is 22.6 Å². The molecule has 0 aliphatic carbocycles. The Labute approximate surface area is 123 Å². The van der Waals surface area contributed by atoms with E-state index in [1.807, 2.05) is 0 Å². The predicted molar refractivity (Wildman–Crippen MR) is 85.7 cm³/mol. The molecular formula is C16H18IN. The van der Waals surface area contributed by atoms with Crippen molar-refractivity contribution in [1.82, 2.24) is 0 Å². The summed E-state index contributed by atoms with van der Waals surface area (Å²) in [4.78, 5) is 0. The number of hydrogen-bond acceptors (Lipinski definition) is 1. The smallest absolute Gasteiger partial charge is 0.0335 e. The van der Waals surface area contributed by atoms with Crippen molar-refractivity contribution in [2.24, 2.45) is 5.73 Å². The van der Waals surface area contributed by atoms with Gasteiger partial charge in [0.2, 0.25) is 0 Å². The first-order chi connectivity index (χ1) is 8.58. The van der Waals surface area contributed by atoms with Gasteiger partial charge in [0, 0.05) is 9.61 Å². The molecule has 0 aliphatic rings. The van der Waals surface area contributed by atoms with Gasteiger partial charge in [-0.2, -0.15) is 0 Å². The van der Waals surface area contributed by atoms with Crippen LogP contribution in [0, 0.1) is 17.4 Å². The van der Waals surface area contributed by atoms with Gasteiger partial charge in [0.15, 0.2) is 0 Å². The third kappa shape index (κ3) is 3.12. The Bertz CT molecular complexity index is 511. The topological polar surface area (TPSA) is 26.0 Å². The summed E-state index contributed by atoms with van der Waals surface area (Å²) in [5.74, 6) is 0. The van der Waals surface area contributed by atoms with Gasteiger partial charge in [0.25, 0.3) is 0 Å². The third-order valence-electron chi connectivity index (χ3n) is 3.37. The second kappa shape index (κ2) is 5.85. The summed E-state index contributed by atoms with van der Waals surface area (Å²) in [5, 5.41) is 0. The summed E-state index contributed by atoms with van der Waals surface area (Å²) in [6.45, 7) is 4.31. The third-order valence-corrected chi connectivity index (χ3v) is 4.09. The molecule has 0 bridgehead atoms. The Balaban J connectivity index is 2.21. The van der Waals surface area contributed by atoms with Crippen molar-refractivity contribution in [2.75, 3.05) is 0 Å². The number of rotatable bonds is 3. The van der Waals surface area contributed by atoms with Gasteiger partial charge in [-0.25, -0.2) is 0 Å². The molecule has 0 radical (unpaired) electrons. The zero-order chi connectivity index (χ0) is 13.1. The van der Waals surface area contributed by atoms with Crippen molar-refractivity contribution in [1.29, 1.82) is 0 Å². The van der Waals surface area contributed by atoms with E-state index in [0.29, 0.717) is 0 Å². The molecule has 0 heterocycles. The summed E-state index contributed by atoms with van der Waals surface area (Å²) < 4.78 is 1.25. The van der Waals surface area contributed by atoms with E-state index >= 15 is 0 Å². The molecule has 18 heavy (non-hydrogen) atoms. The Kier molecular flexibility index (Phi) is 4.40. The van der Waals surface area contributed by atoms with Crippen molar-refractivity contribution in [3.05, 3.63) is 68.3 Å². The van der Waals surface area contributed by atoms with Crippen molar-refractivity contribution in [3.63, 3.8) is 0 Å². The molecule has 0 aromatic heterocycles. The zero-order valence-corrected chi connectivity index (χ0v) is 12.9. The molecule has 0 fully saturated rings. The van der Waals surface area contributed by atoms with Crippen LogP contribution in [0.3, 0.4) is 0 Å². The predicted octanol–water partition coefficient (Wildman–Crippen LogP) is 4.15. The minimum absolute atomic E-state index is 0.0711. The Morgan fingerprint density at radius 2 is 1.56 bits per heavy atom. The van der Waals surface area contributed by atoms with Crippen LogP contribution in [0.1, 0.15) is 28.3 Å². The minimum atomic E-state index is 0.0711. The fourth-order valence-corrected chi connectivity index (χ4v) is 2.58. The van der Waals surface area contributed by atoms with Crippen LogP contribution in [-0.2, 0) is 6.42 Å². The molecule has 2 aromatic rings. The van der Waals surface area contributed by atoms with Gasteiger partial charge in [0.05, 0.1) is 0 Å². The SMILES string of the molecule is Cc1cccc(C)c1CC(N)c1ccc(I)cc1. The maximum Gasteiger partial charge on any atom is 0.0335 e. The van der Waals surface area contributed by atoms with Gasteiger partial charge in [-0.3, -0.25) is 0 Å². The Hall–Kier alpha value is -0.870. The average molecular weight is 351 g/mol. The Morgan fingerprint density at radius 3 is 2.11 bits per heavy atom. The van der Waals surface area contributed by atoms with E-state index in [1.165, 1.54) is 25.8 Å². The molecule has 1 nitrogen and oxygen atoms in total. The molecule has 1 unspecified atom stereocenters. The second-order valence-electron chi connectivity index (χ2n) is 4.73. The van der Waals surface area contributed by atoms with Crippen LogP contribution in [-0.4, -0.2) is 0 Å². The fourth-order valence-electron chi connectivity index (χ4n) is 2.22. The van der Waals surface area contributed by atoms with Crippen molar-refractivity contribution in [2.45, 2.75) is 26.3 Å². The van der Waals surface area contributed by atoms with E-state index in [9.17, 15) is 0 Å². The summed E-state index contributed by atoms with van der Waals surface area (Å²) in [6, 6.07) is 15.0. The number of nitrogens with two attached hydrogens (primary N) is 1. The monoisotopic (exact) mass is 351 g/mol. The number of halogens is 1. The normalized spacial score (nSPS) is 12.4. The van der Waals surface area contributed by atoms with Gasteiger partial charge in [-0.05, 0) is 77.2 Å². The summed E-state index contributed by atoms with van der Waals surface area (Å²) >= 11 is 2.31. The molecule has 2 rings (SSSR count). The van der Waals surface area contributed by atoms with Crippen LogP contribution < -0.4 is 5.73 Å². The van der Waals surface area contributed by atoms with Crippen LogP contribution in [0.15, 0.2) is 42.5 Å². The molecule has 2 heteroatoms. The standard InChI is InChI=1S/C16H18IN/c1-11-4-3-5-12(2)15(11)10-16(18)13-6-8-14(17)9-7-13/h3-9,16H,10,18H2,1-2H3. The lowest BCUT2D eigenvalue weighted by Crippen LogP contribution is -2.14. The first kappa shape index (κ1) is 13.6. The highest BCUT2D eigenvalue weighted by Gasteiger charge is 2.10. The highest BCUT2D eigenvalue weighted by molar-refractivity contribution is 14.1. The lowest BCUT2D eigenvalue weighted by molar-refractivity contribution is 0.715. The van der Waals surface area contributed by atoms with Crippen LogP contribution in [0.2, 0.25) is 0 Å². The first-order valence-electron chi connectivity index (χ1n) is 6.14. The van der Waals surface area contributed by atoms with E-state index in [0.717, 1.165) is 6.42 Å².